The molecule has 3 N–H and O–H groups in total. The number of carboxylic acids is 1. The lowest BCUT2D eigenvalue weighted by molar-refractivity contribution is -0.118. The van der Waals surface area contributed by atoms with Crippen LogP contribution in [-0.4, -0.2) is 42.8 Å². The summed E-state index contributed by atoms with van der Waals surface area (Å²) >= 11 is 11.5. The summed E-state index contributed by atoms with van der Waals surface area (Å²) in [6.45, 7) is 0.926. The zero-order chi connectivity index (χ0) is 16.4. The van der Waals surface area contributed by atoms with Crippen LogP contribution >= 0.6 is 23.2 Å². The third-order valence-electron chi connectivity index (χ3n) is 2.57. The molecule has 1 aromatic carbocycles. The summed E-state index contributed by atoms with van der Waals surface area (Å²) in [7, 11) is -4.17. The van der Waals surface area contributed by atoms with Crippen molar-refractivity contribution < 1.29 is 23.1 Å². The highest BCUT2D eigenvalue weighted by atomic mass is 35.5. The standard InChI is InChI=1S/C11H12Cl2N2O5S/c1-2-15(5-8(14)16)21(19,20)7-4-3-6(12)9(10(7)13)11(17)18/h3-4H,2,5H2,1H3,(H2,14,16)(H,17,18). The van der Waals surface area contributed by atoms with Crippen LogP contribution in [0.25, 0.3) is 0 Å². The predicted octanol–water partition coefficient (Wildman–Crippen LogP) is 1.19. The van der Waals surface area contributed by atoms with E-state index in [2.05, 4.69) is 0 Å². The molecule has 7 nitrogen and oxygen atoms in total. The van der Waals surface area contributed by atoms with E-state index in [0.717, 1.165) is 16.4 Å². The average Bonchev–Trinajstić information content (AvgIpc) is 2.34. The quantitative estimate of drug-likeness (QED) is 0.795. The molecule has 0 saturated carbocycles. The molecule has 116 valence electrons. The summed E-state index contributed by atoms with van der Waals surface area (Å²) in [5.41, 5.74) is 4.47. The van der Waals surface area contributed by atoms with Gasteiger partial charge in [0.25, 0.3) is 0 Å². The number of nitrogens with zero attached hydrogens (tertiary/aromatic N) is 1. The molecule has 0 aromatic heterocycles. The van der Waals surface area contributed by atoms with Crippen molar-refractivity contribution in [3.05, 3.63) is 27.7 Å². The number of hydrogen-bond donors (Lipinski definition) is 2. The van der Waals surface area contributed by atoms with Crippen LogP contribution in [0.2, 0.25) is 10.0 Å². The Kier molecular flexibility index (Phi) is 5.57. The second-order valence-corrected chi connectivity index (χ2v) is 6.63. The molecule has 0 aliphatic heterocycles. The molecule has 0 saturated heterocycles. The second kappa shape index (κ2) is 6.61. The summed E-state index contributed by atoms with van der Waals surface area (Å²) < 4.78 is 25.6. The molecule has 0 radical (unpaired) electrons. The van der Waals surface area contributed by atoms with Gasteiger partial charge in [-0.2, -0.15) is 4.31 Å². The highest BCUT2D eigenvalue weighted by Crippen LogP contribution is 2.32. The number of carbonyl (C=O) groups excluding carboxylic acids is 1. The maximum absolute atomic E-state index is 12.4. The molecular formula is C11H12Cl2N2O5S. The molecule has 10 heteroatoms. The van der Waals surface area contributed by atoms with E-state index in [-0.39, 0.29) is 11.6 Å². The van der Waals surface area contributed by atoms with Gasteiger partial charge in [0, 0.05) is 6.54 Å². The Balaban J connectivity index is 3.48. The summed E-state index contributed by atoms with van der Waals surface area (Å²) in [6.07, 6.45) is 0. The minimum atomic E-state index is -4.17. The first-order chi connectivity index (χ1) is 9.62. The van der Waals surface area contributed by atoms with Gasteiger partial charge in [0.05, 0.1) is 22.2 Å². The molecule has 0 spiro atoms. The van der Waals surface area contributed by atoms with Gasteiger partial charge in [0.1, 0.15) is 4.90 Å². The molecule has 0 heterocycles. The minimum absolute atomic E-state index is 0.0351. The smallest absolute Gasteiger partial charge is 0.338 e. The summed E-state index contributed by atoms with van der Waals surface area (Å²) in [5.74, 6) is -2.30. The average molecular weight is 355 g/mol. The lowest BCUT2D eigenvalue weighted by Crippen LogP contribution is -2.38. The van der Waals surface area contributed by atoms with Crippen molar-refractivity contribution >= 4 is 45.1 Å². The Labute approximate surface area is 131 Å². The van der Waals surface area contributed by atoms with E-state index in [1.54, 1.807) is 0 Å². The van der Waals surface area contributed by atoms with Gasteiger partial charge in [0.2, 0.25) is 15.9 Å². The summed E-state index contributed by atoms with van der Waals surface area (Å²) in [6, 6.07) is 2.19. The van der Waals surface area contributed by atoms with Crippen molar-refractivity contribution in [2.75, 3.05) is 13.1 Å². The van der Waals surface area contributed by atoms with E-state index >= 15 is 0 Å². The van der Waals surface area contributed by atoms with Gasteiger partial charge >= 0.3 is 5.97 Å². The van der Waals surface area contributed by atoms with Gasteiger partial charge in [-0.05, 0) is 12.1 Å². The molecule has 0 unspecified atom stereocenters. The first-order valence-electron chi connectivity index (χ1n) is 5.62. The number of nitrogens with two attached hydrogens (primary N) is 1. The van der Waals surface area contributed by atoms with Crippen LogP contribution in [0.4, 0.5) is 0 Å². The van der Waals surface area contributed by atoms with Crippen LogP contribution in [0.3, 0.4) is 0 Å². The van der Waals surface area contributed by atoms with Crippen LogP contribution in [0.1, 0.15) is 17.3 Å². The molecule has 1 rings (SSSR count). The topological polar surface area (TPSA) is 118 Å². The first kappa shape index (κ1) is 17.7. The summed E-state index contributed by atoms with van der Waals surface area (Å²) in [4.78, 5) is 21.6. The van der Waals surface area contributed by atoms with Crippen molar-refractivity contribution in [1.82, 2.24) is 4.31 Å². The molecule has 1 amide bonds. The number of halogens is 2. The van der Waals surface area contributed by atoms with Crippen LogP contribution < -0.4 is 5.73 Å². The van der Waals surface area contributed by atoms with E-state index in [9.17, 15) is 18.0 Å². The monoisotopic (exact) mass is 354 g/mol. The van der Waals surface area contributed by atoms with Gasteiger partial charge in [-0.1, -0.05) is 30.1 Å². The Morgan fingerprint density at radius 2 is 1.90 bits per heavy atom. The van der Waals surface area contributed by atoms with E-state index in [1.165, 1.54) is 6.92 Å². The molecular weight excluding hydrogens is 343 g/mol. The fourth-order valence-corrected chi connectivity index (χ4v) is 3.92. The van der Waals surface area contributed by atoms with Crippen LogP contribution in [0, 0.1) is 0 Å². The third kappa shape index (κ3) is 3.65. The van der Waals surface area contributed by atoms with Crippen LogP contribution in [-0.2, 0) is 14.8 Å². The Bertz CT molecular complexity index is 690. The number of likely N-dealkylation sites (N-methyl/N-ethyl adjacent to an activating group) is 1. The molecule has 0 bridgehead atoms. The van der Waals surface area contributed by atoms with Crippen molar-refractivity contribution in [1.29, 1.82) is 0 Å². The Morgan fingerprint density at radius 1 is 1.33 bits per heavy atom. The number of carboxylic acid groups (broad SMARTS) is 1. The number of sulfonamides is 1. The normalized spacial score (nSPS) is 11.6. The second-order valence-electron chi connectivity index (χ2n) is 3.94. The van der Waals surface area contributed by atoms with E-state index in [0.29, 0.717) is 0 Å². The van der Waals surface area contributed by atoms with E-state index in [1.807, 2.05) is 0 Å². The number of carbonyl (C=O) groups is 2. The number of hydrogen-bond acceptors (Lipinski definition) is 4. The third-order valence-corrected chi connectivity index (χ3v) is 5.36. The van der Waals surface area contributed by atoms with Crippen molar-refractivity contribution in [2.45, 2.75) is 11.8 Å². The van der Waals surface area contributed by atoms with Gasteiger partial charge in [-0.3, -0.25) is 4.79 Å². The van der Waals surface area contributed by atoms with Crippen LogP contribution in [0.5, 0.6) is 0 Å². The maximum Gasteiger partial charge on any atom is 0.338 e. The number of primary amides is 1. The first-order valence-corrected chi connectivity index (χ1v) is 7.82. The predicted molar refractivity (Wildman–Crippen MR) is 77.0 cm³/mol. The van der Waals surface area contributed by atoms with Crippen molar-refractivity contribution in [3.8, 4) is 0 Å². The summed E-state index contributed by atoms with van der Waals surface area (Å²) in [5, 5.41) is 8.32. The fraction of sp³-hybridized carbons (Fsp3) is 0.273. The largest absolute Gasteiger partial charge is 0.478 e. The maximum atomic E-state index is 12.4. The van der Waals surface area contributed by atoms with Gasteiger partial charge in [-0.25, -0.2) is 13.2 Å². The SMILES string of the molecule is CCN(CC(N)=O)S(=O)(=O)c1ccc(Cl)c(C(=O)O)c1Cl. The number of aromatic carboxylic acids is 1. The fourth-order valence-electron chi connectivity index (χ4n) is 1.61. The number of rotatable bonds is 6. The number of amides is 1. The molecule has 1 aromatic rings. The van der Waals surface area contributed by atoms with Gasteiger partial charge in [0.15, 0.2) is 0 Å². The lowest BCUT2D eigenvalue weighted by Gasteiger charge is -2.20. The molecule has 0 fully saturated rings. The van der Waals surface area contributed by atoms with Gasteiger partial charge < -0.3 is 10.8 Å². The van der Waals surface area contributed by atoms with Crippen molar-refractivity contribution in [3.63, 3.8) is 0 Å². The van der Waals surface area contributed by atoms with Crippen molar-refractivity contribution in [2.24, 2.45) is 5.73 Å². The van der Waals surface area contributed by atoms with E-state index in [4.69, 9.17) is 34.0 Å². The molecule has 0 aliphatic rings. The molecule has 0 aliphatic carbocycles. The highest BCUT2D eigenvalue weighted by molar-refractivity contribution is 7.89. The zero-order valence-corrected chi connectivity index (χ0v) is 13.2. The zero-order valence-electron chi connectivity index (χ0n) is 10.8. The van der Waals surface area contributed by atoms with Gasteiger partial charge in [-0.15, -0.1) is 0 Å². The minimum Gasteiger partial charge on any atom is -0.478 e. The lowest BCUT2D eigenvalue weighted by atomic mass is 10.2. The molecule has 21 heavy (non-hydrogen) atoms. The van der Waals surface area contributed by atoms with Crippen LogP contribution in [0.15, 0.2) is 17.0 Å². The highest BCUT2D eigenvalue weighted by Gasteiger charge is 2.30. The van der Waals surface area contributed by atoms with E-state index < -0.39 is 43.9 Å². The Hall–Kier alpha value is -1.35. The Morgan fingerprint density at radius 3 is 2.33 bits per heavy atom. The molecule has 0 atom stereocenters. The number of benzene rings is 1.